The Morgan fingerprint density at radius 2 is 1.88 bits per heavy atom. The zero-order valence-corrected chi connectivity index (χ0v) is 14.2. The molecule has 0 bridgehead atoms. The van der Waals surface area contributed by atoms with E-state index in [0.717, 1.165) is 21.2 Å². The Labute approximate surface area is 131 Å². The van der Waals surface area contributed by atoms with Gasteiger partial charge in [0.25, 0.3) is 0 Å². The summed E-state index contributed by atoms with van der Waals surface area (Å²) >= 11 is 9.28. The van der Waals surface area contributed by atoms with Gasteiger partial charge >= 0.3 is 0 Å². The van der Waals surface area contributed by atoms with Gasteiger partial charge in [-0.1, -0.05) is 28.1 Å². The predicted molar refractivity (Wildman–Crippen MR) is 88.3 cm³/mol. The molecule has 0 aliphatic heterocycles. The SMILES string of the molecule is Brc1cccc(CNc2ccc(Br)c(I)c2)c1. The first-order valence-electron chi connectivity index (χ1n) is 5.08. The van der Waals surface area contributed by atoms with E-state index in [1.807, 2.05) is 12.1 Å². The molecular weight excluding hydrogens is 457 g/mol. The van der Waals surface area contributed by atoms with Gasteiger partial charge in [-0.05, 0) is 74.4 Å². The smallest absolute Gasteiger partial charge is 0.0401 e. The van der Waals surface area contributed by atoms with Crippen molar-refractivity contribution in [2.75, 3.05) is 5.32 Å². The summed E-state index contributed by atoms with van der Waals surface area (Å²) in [7, 11) is 0. The largest absolute Gasteiger partial charge is 0.381 e. The molecule has 0 aliphatic rings. The average molecular weight is 467 g/mol. The molecule has 2 rings (SSSR count). The van der Waals surface area contributed by atoms with Crippen molar-refractivity contribution in [1.82, 2.24) is 0 Å². The van der Waals surface area contributed by atoms with Crippen LogP contribution in [0.4, 0.5) is 5.69 Å². The maximum atomic E-state index is 3.49. The highest BCUT2D eigenvalue weighted by Gasteiger charge is 1.99. The normalized spacial score (nSPS) is 10.3. The first-order valence-corrected chi connectivity index (χ1v) is 7.75. The maximum absolute atomic E-state index is 3.49. The highest BCUT2D eigenvalue weighted by molar-refractivity contribution is 14.1. The summed E-state index contributed by atoms with van der Waals surface area (Å²) in [5.41, 5.74) is 2.40. The Balaban J connectivity index is 2.05. The number of halogens is 3. The average Bonchev–Trinajstić information content (AvgIpc) is 2.31. The molecule has 2 aromatic carbocycles. The van der Waals surface area contributed by atoms with Crippen molar-refractivity contribution < 1.29 is 0 Å². The van der Waals surface area contributed by atoms with E-state index < -0.39 is 0 Å². The van der Waals surface area contributed by atoms with Crippen LogP contribution in [0.25, 0.3) is 0 Å². The quantitative estimate of drug-likeness (QED) is 0.595. The van der Waals surface area contributed by atoms with Crippen LogP contribution >= 0.6 is 54.5 Å². The van der Waals surface area contributed by atoms with Crippen LogP contribution in [-0.4, -0.2) is 0 Å². The molecule has 0 unspecified atom stereocenters. The zero-order valence-electron chi connectivity index (χ0n) is 8.88. The van der Waals surface area contributed by atoms with Gasteiger partial charge in [0.1, 0.15) is 0 Å². The van der Waals surface area contributed by atoms with E-state index in [4.69, 9.17) is 0 Å². The van der Waals surface area contributed by atoms with Gasteiger partial charge in [0.2, 0.25) is 0 Å². The first-order chi connectivity index (χ1) is 8.15. The van der Waals surface area contributed by atoms with Crippen LogP contribution in [0.5, 0.6) is 0 Å². The van der Waals surface area contributed by atoms with E-state index >= 15 is 0 Å². The van der Waals surface area contributed by atoms with E-state index in [2.05, 4.69) is 90.1 Å². The molecular formula is C13H10Br2IN. The number of hydrogen-bond donors (Lipinski definition) is 1. The standard InChI is InChI=1S/C13H10Br2IN/c14-10-3-1-2-9(6-10)8-17-11-4-5-12(15)13(16)7-11/h1-7,17H,8H2. The summed E-state index contributed by atoms with van der Waals surface area (Å²) in [5.74, 6) is 0. The molecule has 0 radical (unpaired) electrons. The van der Waals surface area contributed by atoms with Gasteiger partial charge in [0.05, 0.1) is 0 Å². The van der Waals surface area contributed by atoms with Gasteiger partial charge in [-0.15, -0.1) is 0 Å². The van der Waals surface area contributed by atoms with Gasteiger partial charge in [0, 0.05) is 24.7 Å². The molecule has 0 spiro atoms. The maximum Gasteiger partial charge on any atom is 0.0401 e. The van der Waals surface area contributed by atoms with Crippen LogP contribution in [0, 0.1) is 3.57 Å². The molecule has 0 heterocycles. The number of rotatable bonds is 3. The Bertz CT molecular complexity index is 529. The van der Waals surface area contributed by atoms with Crippen LogP contribution in [0.1, 0.15) is 5.56 Å². The summed E-state index contributed by atoms with van der Waals surface area (Å²) in [6, 6.07) is 14.6. The van der Waals surface area contributed by atoms with Crippen molar-refractivity contribution in [3.8, 4) is 0 Å². The van der Waals surface area contributed by atoms with Crippen LogP contribution in [0.3, 0.4) is 0 Å². The monoisotopic (exact) mass is 465 g/mol. The summed E-state index contributed by atoms with van der Waals surface area (Å²) in [4.78, 5) is 0. The third-order valence-corrected chi connectivity index (χ3v) is 5.12. The fourth-order valence-corrected chi connectivity index (χ4v) is 2.67. The van der Waals surface area contributed by atoms with Gasteiger partial charge in [-0.25, -0.2) is 0 Å². The Hall–Kier alpha value is -0.0700. The van der Waals surface area contributed by atoms with Crippen LogP contribution in [0.2, 0.25) is 0 Å². The highest BCUT2D eigenvalue weighted by Crippen LogP contribution is 2.23. The van der Waals surface area contributed by atoms with Crippen LogP contribution in [-0.2, 0) is 6.54 Å². The molecule has 0 aliphatic carbocycles. The molecule has 0 fully saturated rings. The summed E-state index contributed by atoms with van der Waals surface area (Å²) in [5, 5.41) is 3.41. The van der Waals surface area contributed by atoms with E-state index in [1.54, 1.807) is 0 Å². The number of hydrogen-bond acceptors (Lipinski definition) is 1. The van der Waals surface area contributed by atoms with Crippen molar-refractivity contribution in [3.63, 3.8) is 0 Å². The van der Waals surface area contributed by atoms with Crippen LogP contribution in [0.15, 0.2) is 51.4 Å². The third kappa shape index (κ3) is 3.96. The first kappa shape index (κ1) is 13.4. The topological polar surface area (TPSA) is 12.0 Å². The molecule has 0 saturated heterocycles. The lowest BCUT2D eigenvalue weighted by molar-refractivity contribution is 1.14. The molecule has 0 atom stereocenters. The van der Waals surface area contributed by atoms with E-state index in [-0.39, 0.29) is 0 Å². The van der Waals surface area contributed by atoms with Crippen molar-refractivity contribution in [2.24, 2.45) is 0 Å². The molecule has 0 saturated carbocycles. The van der Waals surface area contributed by atoms with Gasteiger partial charge in [-0.2, -0.15) is 0 Å². The highest BCUT2D eigenvalue weighted by atomic mass is 127. The minimum Gasteiger partial charge on any atom is -0.381 e. The Kier molecular flexibility index (Phi) is 4.87. The molecule has 88 valence electrons. The summed E-state index contributed by atoms with van der Waals surface area (Å²) in [6.07, 6.45) is 0. The van der Waals surface area contributed by atoms with Crippen molar-refractivity contribution in [1.29, 1.82) is 0 Å². The molecule has 1 N–H and O–H groups in total. The summed E-state index contributed by atoms with van der Waals surface area (Å²) in [6.45, 7) is 0.831. The fourth-order valence-electron chi connectivity index (χ4n) is 1.46. The third-order valence-electron chi connectivity index (χ3n) is 2.31. The fraction of sp³-hybridized carbons (Fsp3) is 0.0769. The number of anilines is 1. The van der Waals surface area contributed by atoms with E-state index in [1.165, 1.54) is 9.13 Å². The summed E-state index contributed by atoms with van der Waals surface area (Å²) < 4.78 is 3.45. The van der Waals surface area contributed by atoms with Crippen molar-refractivity contribution in [3.05, 3.63) is 60.5 Å². The van der Waals surface area contributed by atoms with Crippen LogP contribution < -0.4 is 5.32 Å². The number of benzene rings is 2. The molecule has 0 amide bonds. The minimum atomic E-state index is 0.831. The molecule has 4 heteroatoms. The molecule has 1 nitrogen and oxygen atoms in total. The van der Waals surface area contributed by atoms with Gasteiger partial charge in [-0.3, -0.25) is 0 Å². The van der Waals surface area contributed by atoms with Gasteiger partial charge in [0.15, 0.2) is 0 Å². The lowest BCUT2D eigenvalue weighted by Gasteiger charge is -2.08. The van der Waals surface area contributed by atoms with E-state index in [0.29, 0.717) is 0 Å². The second-order valence-electron chi connectivity index (χ2n) is 3.61. The number of nitrogens with one attached hydrogen (secondary N) is 1. The van der Waals surface area contributed by atoms with Crippen molar-refractivity contribution >= 4 is 60.1 Å². The Morgan fingerprint density at radius 1 is 1.06 bits per heavy atom. The lowest BCUT2D eigenvalue weighted by atomic mass is 10.2. The second-order valence-corrected chi connectivity index (χ2v) is 6.54. The van der Waals surface area contributed by atoms with Gasteiger partial charge < -0.3 is 5.32 Å². The van der Waals surface area contributed by atoms with Crippen molar-refractivity contribution in [2.45, 2.75) is 6.54 Å². The second kappa shape index (κ2) is 6.20. The van der Waals surface area contributed by atoms with E-state index in [9.17, 15) is 0 Å². The molecule has 17 heavy (non-hydrogen) atoms. The molecule has 0 aromatic heterocycles. The molecule has 2 aromatic rings. The zero-order chi connectivity index (χ0) is 12.3. The predicted octanol–water partition coefficient (Wildman–Crippen LogP) is 5.43. The lowest BCUT2D eigenvalue weighted by Crippen LogP contribution is -1.99. The minimum absolute atomic E-state index is 0.831. The Morgan fingerprint density at radius 3 is 2.59 bits per heavy atom.